The van der Waals surface area contributed by atoms with Gasteiger partial charge in [0.05, 0.1) is 6.07 Å². The normalized spacial score (nSPS) is 12.6. The summed E-state index contributed by atoms with van der Waals surface area (Å²) in [5.41, 5.74) is 0. The summed E-state index contributed by atoms with van der Waals surface area (Å²) in [6.45, 7) is 1.87. The SMILES string of the molecule is CCCC(C#N)NS(=O)(=O)c1ccc(C#N)s1. The van der Waals surface area contributed by atoms with Gasteiger partial charge in [-0.15, -0.1) is 11.3 Å². The maximum Gasteiger partial charge on any atom is 0.251 e. The standard InChI is InChI=1S/C10H11N3O2S2/c1-2-3-8(6-11)13-17(14,15)10-5-4-9(7-12)16-10/h4-5,8,13H,2-3H2,1H3. The van der Waals surface area contributed by atoms with E-state index in [9.17, 15) is 8.42 Å². The number of nitrogens with one attached hydrogen (secondary N) is 1. The van der Waals surface area contributed by atoms with E-state index in [0.717, 1.165) is 11.3 Å². The third-order valence-corrected chi connectivity index (χ3v) is 4.94. The van der Waals surface area contributed by atoms with Crippen LogP contribution in [-0.2, 0) is 10.0 Å². The van der Waals surface area contributed by atoms with Crippen LogP contribution in [0.3, 0.4) is 0 Å². The lowest BCUT2D eigenvalue weighted by molar-refractivity contribution is 0.565. The number of hydrogen-bond acceptors (Lipinski definition) is 5. The van der Waals surface area contributed by atoms with E-state index >= 15 is 0 Å². The number of hydrogen-bond donors (Lipinski definition) is 1. The van der Waals surface area contributed by atoms with Crippen LogP contribution < -0.4 is 4.72 Å². The Balaban J connectivity index is 2.89. The largest absolute Gasteiger partial charge is 0.251 e. The van der Waals surface area contributed by atoms with Crippen molar-refractivity contribution >= 4 is 21.4 Å². The first-order valence-corrected chi connectivity index (χ1v) is 7.25. The molecule has 0 radical (unpaired) electrons. The Hall–Kier alpha value is -1.41. The predicted octanol–water partition coefficient (Wildman–Crippen LogP) is 1.59. The van der Waals surface area contributed by atoms with Gasteiger partial charge in [0.15, 0.2) is 0 Å². The van der Waals surface area contributed by atoms with E-state index in [1.807, 2.05) is 19.1 Å². The van der Waals surface area contributed by atoms with Crippen LogP contribution >= 0.6 is 11.3 Å². The van der Waals surface area contributed by atoms with E-state index in [0.29, 0.717) is 17.7 Å². The van der Waals surface area contributed by atoms with Gasteiger partial charge in [-0.25, -0.2) is 8.42 Å². The number of sulfonamides is 1. The zero-order chi connectivity index (χ0) is 12.9. The Kier molecular flexibility index (Phi) is 4.64. The molecule has 0 aliphatic rings. The minimum atomic E-state index is -3.69. The smallest absolute Gasteiger partial charge is 0.206 e. The van der Waals surface area contributed by atoms with Gasteiger partial charge in [-0.2, -0.15) is 15.2 Å². The highest BCUT2D eigenvalue weighted by Gasteiger charge is 2.21. The Morgan fingerprint density at radius 1 is 1.47 bits per heavy atom. The van der Waals surface area contributed by atoms with Gasteiger partial charge < -0.3 is 0 Å². The van der Waals surface area contributed by atoms with Gasteiger partial charge in [0.1, 0.15) is 21.2 Å². The van der Waals surface area contributed by atoms with E-state index in [2.05, 4.69) is 4.72 Å². The maximum atomic E-state index is 11.8. The topological polar surface area (TPSA) is 93.8 Å². The van der Waals surface area contributed by atoms with Gasteiger partial charge >= 0.3 is 0 Å². The Morgan fingerprint density at radius 3 is 2.65 bits per heavy atom. The first-order valence-electron chi connectivity index (χ1n) is 4.95. The van der Waals surface area contributed by atoms with E-state index in [-0.39, 0.29) is 4.21 Å². The summed E-state index contributed by atoms with van der Waals surface area (Å²) in [5, 5.41) is 17.4. The molecule has 0 spiro atoms. The predicted molar refractivity (Wildman–Crippen MR) is 63.7 cm³/mol. The fourth-order valence-corrected chi connectivity index (χ4v) is 3.50. The molecule has 1 rings (SSSR count). The molecule has 1 atom stereocenters. The van der Waals surface area contributed by atoms with E-state index in [1.54, 1.807) is 0 Å². The summed E-state index contributed by atoms with van der Waals surface area (Å²) in [5.74, 6) is 0. The molecule has 0 saturated carbocycles. The highest BCUT2D eigenvalue weighted by atomic mass is 32.2. The average Bonchev–Trinajstić information content (AvgIpc) is 2.77. The molecule has 5 nitrogen and oxygen atoms in total. The Bertz CT molecular complexity index is 563. The number of thiophene rings is 1. The summed E-state index contributed by atoms with van der Waals surface area (Å²) in [6.07, 6.45) is 1.18. The highest BCUT2D eigenvalue weighted by molar-refractivity contribution is 7.91. The maximum absolute atomic E-state index is 11.8. The zero-order valence-corrected chi connectivity index (χ0v) is 10.8. The molecule has 0 aliphatic carbocycles. The summed E-state index contributed by atoms with van der Waals surface area (Å²) >= 11 is 0.889. The molecule has 17 heavy (non-hydrogen) atoms. The van der Waals surface area contributed by atoms with Gasteiger partial charge in [-0.1, -0.05) is 13.3 Å². The van der Waals surface area contributed by atoms with Crippen molar-refractivity contribution in [3.63, 3.8) is 0 Å². The number of nitrogens with zero attached hydrogens (tertiary/aromatic N) is 2. The molecule has 7 heteroatoms. The molecule has 0 aromatic carbocycles. The molecular formula is C10H11N3O2S2. The van der Waals surface area contributed by atoms with Crippen molar-refractivity contribution < 1.29 is 8.42 Å². The van der Waals surface area contributed by atoms with Crippen LogP contribution in [-0.4, -0.2) is 14.5 Å². The van der Waals surface area contributed by atoms with Crippen LogP contribution in [0.15, 0.2) is 16.3 Å². The molecule has 1 N–H and O–H groups in total. The fourth-order valence-electron chi connectivity index (χ4n) is 1.21. The van der Waals surface area contributed by atoms with Crippen molar-refractivity contribution in [2.24, 2.45) is 0 Å². The highest BCUT2D eigenvalue weighted by Crippen LogP contribution is 2.21. The molecular weight excluding hydrogens is 258 g/mol. The lowest BCUT2D eigenvalue weighted by Gasteiger charge is -2.09. The lowest BCUT2D eigenvalue weighted by atomic mass is 10.2. The molecule has 0 fully saturated rings. The molecule has 90 valence electrons. The van der Waals surface area contributed by atoms with Crippen molar-refractivity contribution in [3.8, 4) is 12.1 Å². The van der Waals surface area contributed by atoms with Crippen LogP contribution in [0.25, 0.3) is 0 Å². The summed E-state index contributed by atoms with van der Waals surface area (Å²) in [7, 11) is -3.69. The average molecular weight is 269 g/mol. The molecule has 1 aromatic rings. The first-order chi connectivity index (χ1) is 8.03. The lowest BCUT2D eigenvalue weighted by Crippen LogP contribution is -2.33. The van der Waals surface area contributed by atoms with Crippen LogP contribution in [0.2, 0.25) is 0 Å². The van der Waals surface area contributed by atoms with Crippen molar-refractivity contribution in [1.29, 1.82) is 10.5 Å². The van der Waals surface area contributed by atoms with Crippen LogP contribution in [0, 0.1) is 22.7 Å². The molecule has 1 aromatic heterocycles. The molecule has 0 amide bonds. The molecule has 0 saturated heterocycles. The minimum Gasteiger partial charge on any atom is -0.206 e. The second kappa shape index (κ2) is 5.78. The van der Waals surface area contributed by atoms with Crippen LogP contribution in [0.4, 0.5) is 0 Å². The van der Waals surface area contributed by atoms with Crippen molar-refractivity contribution in [2.75, 3.05) is 0 Å². The molecule has 0 bridgehead atoms. The summed E-state index contributed by atoms with van der Waals surface area (Å²) in [4.78, 5) is 0.328. The van der Waals surface area contributed by atoms with Crippen molar-refractivity contribution in [3.05, 3.63) is 17.0 Å². The number of nitriles is 2. The van der Waals surface area contributed by atoms with Crippen molar-refractivity contribution in [2.45, 2.75) is 30.0 Å². The van der Waals surface area contributed by atoms with Gasteiger partial charge in [-0.05, 0) is 18.6 Å². The second-order valence-electron chi connectivity index (χ2n) is 3.32. The van der Waals surface area contributed by atoms with Crippen LogP contribution in [0.1, 0.15) is 24.6 Å². The summed E-state index contributed by atoms with van der Waals surface area (Å²) < 4.78 is 26.1. The van der Waals surface area contributed by atoms with Gasteiger partial charge in [0.2, 0.25) is 0 Å². The van der Waals surface area contributed by atoms with E-state index in [1.165, 1.54) is 12.1 Å². The van der Waals surface area contributed by atoms with Crippen LogP contribution in [0.5, 0.6) is 0 Å². The van der Waals surface area contributed by atoms with Crippen molar-refractivity contribution in [1.82, 2.24) is 4.72 Å². The third kappa shape index (κ3) is 3.53. The first kappa shape index (κ1) is 13.7. The quantitative estimate of drug-likeness (QED) is 0.878. The van der Waals surface area contributed by atoms with Gasteiger partial charge in [0.25, 0.3) is 10.0 Å². The molecule has 0 aliphatic heterocycles. The monoisotopic (exact) mass is 269 g/mol. The van der Waals surface area contributed by atoms with Gasteiger partial charge in [-0.3, -0.25) is 0 Å². The third-order valence-electron chi connectivity index (χ3n) is 1.99. The second-order valence-corrected chi connectivity index (χ2v) is 6.35. The van der Waals surface area contributed by atoms with Gasteiger partial charge in [0, 0.05) is 0 Å². The Labute approximate surface area is 104 Å². The van der Waals surface area contributed by atoms with E-state index < -0.39 is 16.1 Å². The minimum absolute atomic E-state index is 0.0606. The van der Waals surface area contributed by atoms with E-state index in [4.69, 9.17) is 10.5 Å². The fraction of sp³-hybridized carbons (Fsp3) is 0.400. The zero-order valence-electron chi connectivity index (χ0n) is 9.17. The summed E-state index contributed by atoms with van der Waals surface area (Å²) in [6, 6.07) is 5.86. The molecule has 1 unspecified atom stereocenters. The molecule has 1 heterocycles. The number of rotatable bonds is 5. The Morgan fingerprint density at radius 2 is 2.18 bits per heavy atom.